The zero-order valence-corrected chi connectivity index (χ0v) is 11.4. The van der Waals surface area contributed by atoms with Gasteiger partial charge in [-0.05, 0) is 50.3 Å². The van der Waals surface area contributed by atoms with Crippen LogP contribution in [0, 0.1) is 0 Å². The lowest BCUT2D eigenvalue weighted by molar-refractivity contribution is 0.0939. The first kappa shape index (κ1) is 12.2. The molecule has 0 aromatic carbocycles. The summed E-state index contributed by atoms with van der Waals surface area (Å²) >= 11 is 1.69. The highest BCUT2D eigenvalue weighted by atomic mass is 32.1. The number of nitrogens with one attached hydrogen (secondary N) is 2. The van der Waals surface area contributed by atoms with Crippen LogP contribution in [0.15, 0.2) is 6.07 Å². The molecule has 3 nitrogen and oxygen atoms in total. The van der Waals surface area contributed by atoms with Crippen molar-refractivity contribution in [2.75, 3.05) is 13.1 Å². The Morgan fingerprint density at radius 1 is 1.33 bits per heavy atom. The van der Waals surface area contributed by atoms with Gasteiger partial charge in [-0.1, -0.05) is 6.42 Å². The molecule has 18 heavy (non-hydrogen) atoms. The Morgan fingerprint density at radius 3 is 3.17 bits per heavy atom. The molecule has 1 fully saturated rings. The molecule has 1 amide bonds. The van der Waals surface area contributed by atoms with E-state index in [-0.39, 0.29) is 5.91 Å². The van der Waals surface area contributed by atoms with Crippen LogP contribution in [-0.4, -0.2) is 25.0 Å². The van der Waals surface area contributed by atoms with E-state index in [2.05, 4.69) is 16.7 Å². The van der Waals surface area contributed by atoms with E-state index in [1.54, 1.807) is 11.3 Å². The molecular formula is C14H20N2OS. The van der Waals surface area contributed by atoms with Gasteiger partial charge >= 0.3 is 0 Å². The molecule has 1 aliphatic heterocycles. The molecule has 1 unspecified atom stereocenters. The molecule has 3 rings (SSSR count). The lowest BCUT2D eigenvalue weighted by atomic mass is 10.1. The number of rotatable bonds is 2. The van der Waals surface area contributed by atoms with Gasteiger partial charge < -0.3 is 10.6 Å². The van der Waals surface area contributed by atoms with E-state index < -0.39 is 0 Å². The van der Waals surface area contributed by atoms with Crippen molar-refractivity contribution in [3.05, 3.63) is 21.4 Å². The minimum Gasteiger partial charge on any atom is -0.347 e. The normalized spacial score (nSPS) is 23.4. The highest BCUT2D eigenvalue weighted by Gasteiger charge is 2.20. The van der Waals surface area contributed by atoms with Gasteiger partial charge in [-0.2, -0.15) is 0 Å². The summed E-state index contributed by atoms with van der Waals surface area (Å²) in [6.07, 6.45) is 7.11. The average molecular weight is 264 g/mol. The smallest absolute Gasteiger partial charge is 0.261 e. The molecule has 1 saturated heterocycles. The Bertz CT molecular complexity index is 412. The summed E-state index contributed by atoms with van der Waals surface area (Å²) in [5.74, 6) is 0.128. The van der Waals surface area contributed by atoms with E-state index in [4.69, 9.17) is 0 Å². The fourth-order valence-corrected chi connectivity index (χ4v) is 4.00. The van der Waals surface area contributed by atoms with Crippen molar-refractivity contribution in [2.24, 2.45) is 0 Å². The zero-order valence-electron chi connectivity index (χ0n) is 10.6. The van der Waals surface area contributed by atoms with Crippen LogP contribution in [0.25, 0.3) is 0 Å². The fourth-order valence-electron chi connectivity index (χ4n) is 2.84. The highest BCUT2D eigenvalue weighted by Crippen LogP contribution is 2.30. The van der Waals surface area contributed by atoms with Gasteiger partial charge in [0.1, 0.15) is 0 Å². The SMILES string of the molecule is O=C(NC1CCCCNC1)c1cc2c(s1)CCC2. The Morgan fingerprint density at radius 2 is 2.28 bits per heavy atom. The fraction of sp³-hybridized carbons (Fsp3) is 0.643. The van der Waals surface area contributed by atoms with E-state index in [9.17, 15) is 4.79 Å². The summed E-state index contributed by atoms with van der Waals surface area (Å²) in [5.41, 5.74) is 1.41. The Hall–Kier alpha value is -0.870. The molecule has 1 aromatic heterocycles. The Kier molecular flexibility index (Phi) is 3.66. The number of hydrogen-bond acceptors (Lipinski definition) is 3. The first-order chi connectivity index (χ1) is 8.83. The number of carbonyl (C=O) groups is 1. The maximum Gasteiger partial charge on any atom is 0.261 e. The third kappa shape index (κ3) is 2.59. The van der Waals surface area contributed by atoms with Crippen LogP contribution in [-0.2, 0) is 12.8 Å². The molecule has 98 valence electrons. The van der Waals surface area contributed by atoms with E-state index in [1.165, 1.54) is 29.7 Å². The van der Waals surface area contributed by atoms with Gasteiger partial charge in [-0.25, -0.2) is 0 Å². The molecule has 4 heteroatoms. The van der Waals surface area contributed by atoms with E-state index in [0.717, 1.165) is 37.2 Å². The minimum atomic E-state index is 0.128. The van der Waals surface area contributed by atoms with Crippen LogP contribution in [0.1, 0.15) is 45.8 Å². The van der Waals surface area contributed by atoms with Gasteiger partial charge in [-0.15, -0.1) is 11.3 Å². The summed E-state index contributed by atoms with van der Waals surface area (Å²) in [5, 5.41) is 6.55. The summed E-state index contributed by atoms with van der Waals surface area (Å²) in [7, 11) is 0. The molecule has 0 bridgehead atoms. The third-order valence-electron chi connectivity index (χ3n) is 3.85. The molecule has 0 saturated carbocycles. The van der Waals surface area contributed by atoms with E-state index in [1.807, 2.05) is 0 Å². The van der Waals surface area contributed by atoms with Crippen LogP contribution >= 0.6 is 11.3 Å². The van der Waals surface area contributed by atoms with Gasteiger partial charge in [0.15, 0.2) is 0 Å². The van der Waals surface area contributed by atoms with Crippen LogP contribution in [0.5, 0.6) is 0 Å². The van der Waals surface area contributed by atoms with Gasteiger partial charge in [0.05, 0.1) is 4.88 Å². The highest BCUT2D eigenvalue weighted by molar-refractivity contribution is 7.14. The summed E-state index contributed by atoms with van der Waals surface area (Å²) in [6.45, 7) is 2.00. The summed E-state index contributed by atoms with van der Waals surface area (Å²) in [6, 6.07) is 2.41. The van der Waals surface area contributed by atoms with E-state index >= 15 is 0 Å². The average Bonchev–Trinajstić information content (AvgIpc) is 2.85. The quantitative estimate of drug-likeness (QED) is 0.859. The first-order valence-electron chi connectivity index (χ1n) is 6.96. The summed E-state index contributed by atoms with van der Waals surface area (Å²) in [4.78, 5) is 14.5. The Labute approximate surface area is 112 Å². The van der Waals surface area contributed by atoms with Crippen molar-refractivity contribution in [1.82, 2.24) is 10.6 Å². The van der Waals surface area contributed by atoms with Crippen molar-refractivity contribution in [3.63, 3.8) is 0 Å². The van der Waals surface area contributed by atoms with Crippen LogP contribution in [0.3, 0.4) is 0 Å². The van der Waals surface area contributed by atoms with Crippen LogP contribution in [0.4, 0.5) is 0 Å². The molecule has 1 aliphatic carbocycles. The van der Waals surface area contributed by atoms with Crippen molar-refractivity contribution in [1.29, 1.82) is 0 Å². The number of aryl methyl sites for hydroxylation is 2. The molecule has 1 aromatic rings. The van der Waals surface area contributed by atoms with E-state index in [0.29, 0.717) is 6.04 Å². The Balaban J connectivity index is 1.63. The maximum atomic E-state index is 12.2. The lowest BCUT2D eigenvalue weighted by Crippen LogP contribution is -2.40. The van der Waals surface area contributed by atoms with Gasteiger partial charge in [0.2, 0.25) is 0 Å². The second kappa shape index (κ2) is 5.41. The minimum absolute atomic E-state index is 0.128. The van der Waals surface area contributed by atoms with Crippen molar-refractivity contribution in [2.45, 2.75) is 44.6 Å². The molecule has 1 atom stereocenters. The maximum absolute atomic E-state index is 12.2. The predicted molar refractivity (Wildman–Crippen MR) is 74.3 cm³/mol. The van der Waals surface area contributed by atoms with Gasteiger partial charge in [0, 0.05) is 17.5 Å². The zero-order chi connectivity index (χ0) is 12.4. The summed E-state index contributed by atoms with van der Waals surface area (Å²) < 4.78 is 0. The third-order valence-corrected chi connectivity index (χ3v) is 5.09. The molecule has 2 N–H and O–H groups in total. The van der Waals surface area contributed by atoms with Crippen LogP contribution in [0.2, 0.25) is 0 Å². The largest absolute Gasteiger partial charge is 0.347 e. The second-order valence-corrected chi connectivity index (χ2v) is 6.42. The van der Waals surface area contributed by atoms with Gasteiger partial charge in [-0.3, -0.25) is 4.79 Å². The van der Waals surface area contributed by atoms with Crippen molar-refractivity contribution < 1.29 is 4.79 Å². The molecule has 2 aliphatic rings. The standard InChI is InChI=1S/C14H20N2OS/c17-14(16-11-5-1-2-7-15-9-11)13-8-10-4-3-6-12(10)18-13/h8,11,15H,1-7,9H2,(H,16,17). The lowest BCUT2D eigenvalue weighted by Gasteiger charge is -2.15. The predicted octanol–water partition coefficient (Wildman–Crippen LogP) is 2.11. The van der Waals surface area contributed by atoms with Gasteiger partial charge in [0.25, 0.3) is 5.91 Å². The number of carbonyl (C=O) groups excluding carboxylic acids is 1. The van der Waals surface area contributed by atoms with Crippen LogP contribution < -0.4 is 10.6 Å². The number of amides is 1. The first-order valence-corrected chi connectivity index (χ1v) is 7.78. The second-order valence-electron chi connectivity index (χ2n) is 5.28. The monoisotopic (exact) mass is 264 g/mol. The van der Waals surface area contributed by atoms with Crippen molar-refractivity contribution in [3.8, 4) is 0 Å². The number of hydrogen-bond donors (Lipinski definition) is 2. The molecule has 0 radical (unpaired) electrons. The molecule has 0 spiro atoms. The molecular weight excluding hydrogens is 244 g/mol. The molecule has 2 heterocycles. The number of fused-ring (bicyclic) bond motifs is 1. The van der Waals surface area contributed by atoms with Crippen molar-refractivity contribution >= 4 is 17.2 Å². The topological polar surface area (TPSA) is 41.1 Å². The number of thiophene rings is 1.